The van der Waals surface area contributed by atoms with Crippen molar-refractivity contribution in [3.8, 4) is 0 Å². The highest BCUT2D eigenvalue weighted by Gasteiger charge is 2.23. The molecule has 0 aromatic carbocycles. The van der Waals surface area contributed by atoms with Crippen LogP contribution < -0.4 is 0 Å². The third-order valence-electron chi connectivity index (χ3n) is 3.28. The normalized spacial score (nSPS) is 10.5. The molecule has 0 N–H and O–H groups in total. The van der Waals surface area contributed by atoms with E-state index in [2.05, 4.69) is 6.92 Å². The number of esters is 2. The fourth-order valence-corrected chi connectivity index (χ4v) is 2.31. The molecule has 0 saturated carbocycles. The lowest BCUT2D eigenvalue weighted by Crippen LogP contribution is -2.15. The van der Waals surface area contributed by atoms with Crippen molar-refractivity contribution in [3.63, 3.8) is 0 Å². The highest BCUT2D eigenvalue weighted by atomic mass is 16.5. The molecule has 1 rings (SSSR count). The van der Waals surface area contributed by atoms with E-state index < -0.39 is 0 Å². The van der Waals surface area contributed by atoms with Gasteiger partial charge in [-0.1, -0.05) is 13.3 Å². The summed E-state index contributed by atoms with van der Waals surface area (Å²) in [6.45, 7) is 6.30. The second kappa shape index (κ2) is 8.49. The number of unbranched alkanes of at least 4 members (excludes halogenated alkanes) is 1. The molecule has 1 aromatic heterocycles. The quantitative estimate of drug-likeness (QED) is 0.692. The topological polar surface area (TPSA) is 57.5 Å². The molecule has 5 heteroatoms. The number of rotatable bonds is 8. The zero-order valence-corrected chi connectivity index (χ0v) is 13.4. The summed E-state index contributed by atoms with van der Waals surface area (Å²) in [6, 6.07) is 0. The molecule has 0 amide bonds. The fraction of sp³-hybridized carbons (Fsp3) is 0.625. The fourth-order valence-electron chi connectivity index (χ4n) is 2.31. The molecule has 0 spiro atoms. The number of aromatic nitrogens is 1. The van der Waals surface area contributed by atoms with Crippen molar-refractivity contribution in [2.24, 2.45) is 7.05 Å². The average molecular weight is 295 g/mol. The van der Waals surface area contributed by atoms with Gasteiger partial charge < -0.3 is 14.0 Å². The van der Waals surface area contributed by atoms with Crippen LogP contribution in [0.4, 0.5) is 0 Å². The Balaban J connectivity index is 3.11. The van der Waals surface area contributed by atoms with Crippen LogP contribution in [0.15, 0.2) is 6.20 Å². The SMILES string of the molecule is CCCCc1cn(C)c(CC(=O)OCC)c1C(=O)OCC. The molecule has 5 nitrogen and oxygen atoms in total. The van der Waals surface area contributed by atoms with Crippen LogP contribution in [0.5, 0.6) is 0 Å². The van der Waals surface area contributed by atoms with Crippen LogP contribution in [-0.2, 0) is 34.2 Å². The molecule has 21 heavy (non-hydrogen) atoms. The number of aryl methyl sites for hydroxylation is 2. The lowest BCUT2D eigenvalue weighted by atomic mass is 10.0. The van der Waals surface area contributed by atoms with Crippen LogP contribution in [0.25, 0.3) is 0 Å². The van der Waals surface area contributed by atoms with Crippen LogP contribution >= 0.6 is 0 Å². The highest BCUT2D eigenvalue weighted by Crippen LogP contribution is 2.21. The summed E-state index contributed by atoms with van der Waals surface area (Å²) in [7, 11) is 1.84. The maximum atomic E-state index is 12.2. The average Bonchev–Trinajstić information content (AvgIpc) is 2.73. The third-order valence-corrected chi connectivity index (χ3v) is 3.28. The monoisotopic (exact) mass is 295 g/mol. The molecule has 0 aliphatic carbocycles. The van der Waals surface area contributed by atoms with E-state index in [1.165, 1.54) is 0 Å². The van der Waals surface area contributed by atoms with Crippen molar-refractivity contribution in [1.82, 2.24) is 4.57 Å². The molecule has 0 atom stereocenters. The first-order valence-corrected chi connectivity index (χ1v) is 7.54. The van der Waals surface area contributed by atoms with Gasteiger partial charge in [0.1, 0.15) is 0 Å². The molecule has 0 aliphatic rings. The zero-order valence-electron chi connectivity index (χ0n) is 13.4. The summed E-state index contributed by atoms with van der Waals surface area (Å²) in [5, 5.41) is 0. The van der Waals surface area contributed by atoms with Gasteiger partial charge in [0.25, 0.3) is 0 Å². The van der Waals surface area contributed by atoms with Gasteiger partial charge in [0.05, 0.1) is 25.2 Å². The lowest BCUT2D eigenvalue weighted by molar-refractivity contribution is -0.142. The number of hydrogen-bond acceptors (Lipinski definition) is 4. The summed E-state index contributed by atoms with van der Waals surface area (Å²) in [5.74, 6) is -0.685. The van der Waals surface area contributed by atoms with Gasteiger partial charge in [-0.15, -0.1) is 0 Å². The Bertz CT molecular complexity index is 491. The molecular formula is C16H25NO4. The van der Waals surface area contributed by atoms with Crippen LogP contribution in [0.2, 0.25) is 0 Å². The van der Waals surface area contributed by atoms with Gasteiger partial charge in [-0.2, -0.15) is 0 Å². The van der Waals surface area contributed by atoms with Gasteiger partial charge in [0.2, 0.25) is 0 Å². The third kappa shape index (κ3) is 4.62. The van der Waals surface area contributed by atoms with E-state index in [1.807, 2.05) is 17.8 Å². The van der Waals surface area contributed by atoms with Crippen molar-refractivity contribution in [2.75, 3.05) is 13.2 Å². The molecule has 118 valence electrons. The lowest BCUT2D eigenvalue weighted by Gasteiger charge is -2.08. The van der Waals surface area contributed by atoms with Gasteiger partial charge in [0, 0.05) is 18.9 Å². The Morgan fingerprint density at radius 1 is 1.14 bits per heavy atom. The number of carbonyl (C=O) groups excluding carboxylic acids is 2. The molecule has 1 heterocycles. The highest BCUT2D eigenvalue weighted by molar-refractivity contribution is 5.94. The molecule has 1 aromatic rings. The van der Waals surface area contributed by atoms with E-state index in [4.69, 9.17) is 9.47 Å². The van der Waals surface area contributed by atoms with E-state index in [0.29, 0.717) is 24.5 Å². The molecule has 0 saturated heterocycles. The van der Waals surface area contributed by atoms with E-state index >= 15 is 0 Å². The Morgan fingerprint density at radius 2 is 1.81 bits per heavy atom. The Kier molecular flexibility index (Phi) is 6.99. The van der Waals surface area contributed by atoms with Crippen molar-refractivity contribution in [2.45, 2.75) is 46.5 Å². The Hall–Kier alpha value is -1.78. The minimum Gasteiger partial charge on any atom is -0.466 e. The van der Waals surface area contributed by atoms with Crippen LogP contribution in [0.1, 0.15) is 55.2 Å². The Morgan fingerprint density at radius 3 is 2.38 bits per heavy atom. The van der Waals surface area contributed by atoms with E-state index in [9.17, 15) is 9.59 Å². The molecule has 0 bridgehead atoms. The van der Waals surface area contributed by atoms with Gasteiger partial charge in [-0.05, 0) is 32.3 Å². The van der Waals surface area contributed by atoms with Gasteiger partial charge in [-0.3, -0.25) is 4.79 Å². The largest absolute Gasteiger partial charge is 0.466 e. The zero-order chi connectivity index (χ0) is 15.8. The molecular weight excluding hydrogens is 270 g/mol. The minimum absolute atomic E-state index is 0.0879. The van der Waals surface area contributed by atoms with Crippen LogP contribution in [0, 0.1) is 0 Å². The molecule has 0 unspecified atom stereocenters. The van der Waals surface area contributed by atoms with E-state index in [1.54, 1.807) is 13.8 Å². The summed E-state index contributed by atoms with van der Waals surface area (Å²) in [5.41, 5.74) is 2.14. The Labute approximate surface area is 126 Å². The van der Waals surface area contributed by atoms with Crippen molar-refractivity contribution in [3.05, 3.63) is 23.0 Å². The predicted octanol–water partition coefficient (Wildman–Crippen LogP) is 2.65. The maximum absolute atomic E-state index is 12.2. The second-order valence-electron chi connectivity index (χ2n) is 4.89. The van der Waals surface area contributed by atoms with Gasteiger partial charge >= 0.3 is 11.9 Å². The number of nitrogens with zero attached hydrogens (tertiary/aromatic N) is 1. The first-order chi connectivity index (χ1) is 10.0. The summed E-state index contributed by atoms with van der Waals surface area (Å²) >= 11 is 0. The van der Waals surface area contributed by atoms with Crippen molar-refractivity contribution in [1.29, 1.82) is 0 Å². The van der Waals surface area contributed by atoms with Gasteiger partial charge in [-0.25, -0.2) is 4.79 Å². The predicted molar refractivity (Wildman–Crippen MR) is 80.3 cm³/mol. The second-order valence-corrected chi connectivity index (χ2v) is 4.89. The first kappa shape index (κ1) is 17.3. The number of ether oxygens (including phenoxy) is 2. The summed E-state index contributed by atoms with van der Waals surface area (Å²) < 4.78 is 11.9. The van der Waals surface area contributed by atoms with Crippen molar-refractivity contribution >= 4 is 11.9 Å². The maximum Gasteiger partial charge on any atom is 0.340 e. The van der Waals surface area contributed by atoms with E-state index in [0.717, 1.165) is 24.8 Å². The summed E-state index contributed by atoms with van der Waals surface area (Å²) in [6.07, 6.45) is 4.85. The summed E-state index contributed by atoms with van der Waals surface area (Å²) in [4.78, 5) is 23.9. The van der Waals surface area contributed by atoms with Gasteiger partial charge in [0.15, 0.2) is 0 Å². The van der Waals surface area contributed by atoms with Crippen molar-refractivity contribution < 1.29 is 19.1 Å². The number of carbonyl (C=O) groups is 2. The minimum atomic E-state index is -0.358. The number of hydrogen-bond donors (Lipinski definition) is 0. The van der Waals surface area contributed by atoms with Crippen LogP contribution in [-0.4, -0.2) is 29.7 Å². The standard InChI is InChI=1S/C16H25NO4/c1-5-8-9-12-11-17(4)13(10-14(18)20-6-2)15(12)16(19)21-7-3/h11H,5-10H2,1-4H3. The van der Waals surface area contributed by atoms with Crippen LogP contribution in [0.3, 0.4) is 0 Å². The first-order valence-electron chi connectivity index (χ1n) is 7.54. The molecule has 0 fully saturated rings. The molecule has 0 aliphatic heterocycles. The molecule has 0 radical (unpaired) electrons. The van der Waals surface area contributed by atoms with E-state index in [-0.39, 0.29) is 18.4 Å². The smallest absolute Gasteiger partial charge is 0.340 e.